The smallest absolute Gasteiger partial charge is 0.338 e. The lowest BCUT2D eigenvalue weighted by Gasteiger charge is -2.10. The summed E-state index contributed by atoms with van der Waals surface area (Å²) >= 11 is 0. The molecule has 2 rings (SSSR count). The number of urea groups is 1. The summed E-state index contributed by atoms with van der Waals surface area (Å²) in [5.41, 5.74) is 0.878. The van der Waals surface area contributed by atoms with Gasteiger partial charge in [-0.25, -0.2) is 17.9 Å². The van der Waals surface area contributed by atoms with Crippen LogP contribution >= 0.6 is 0 Å². The van der Waals surface area contributed by atoms with Gasteiger partial charge in [-0.15, -0.1) is 0 Å². The van der Waals surface area contributed by atoms with Crippen LogP contribution in [0.5, 0.6) is 0 Å². The Morgan fingerprint density at radius 3 is 2.07 bits per heavy atom. The van der Waals surface area contributed by atoms with Gasteiger partial charge in [-0.2, -0.15) is 13.2 Å². The molecule has 0 unspecified atom stereocenters. The topological polar surface area (TPSA) is 87.3 Å². The fourth-order valence-electron chi connectivity index (χ4n) is 2.41. The summed E-state index contributed by atoms with van der Waals surface area (Å²) in [6, 6.07) is 10.6. The maximum Gasteiger partial charge on any atom is 0.416 e. The third-order valence-corrected chi connectivity index (χ3v) is 5.49. The van der Waals surface area contributed by atoms with Crippen molar-refractivity contribution in [2.75, 3.05) is 19.6 Å². The van der Waals surface area contributed by atoms with Crippen molar-refractivity contribution >= 4 is 16.1 Å². The van der Waals surface area contributed by atoms with Crippen molar-refractivity contribution in [1.29, 1.82) is 0 Å². The van der Waals surface area contributed by atoms with Crippen molar-refractivity contribution in [2.24, 2.45) is 0 Å². The number of aryl methyl sites for hydroxylation is 1. The fourth-order valence-corrected chi connectivity index (χ4v) is 3.44. The molecule has 0 saturated carbocycles. The molecular weight excluding hydrogens is 407 g/mol. The molecule has 0 spiro atoms. The molecule has 0 heterocycles. The lowest BCUT2D eigenvalue weighted by molar-refractivity contribution is -0.137. The van der Waals surface area contributed by atoms with E-state index in [0.717, 1.165) is 17.7 Å². The zero-order chi connectivity index (χ0) is 21.5. The van der Waals surface area contributed by atoms with Crippen LogP contribution < -0.4 is 15.4 Å². The number of carbonyl (C=O) groups is 1. The molecule has 158 valence electrons. The van der Waals surface area contributed by atoms with Gasteiger partial charge in [0.1, 0.15) is 0 Å². The van der Waals surface area contributed by atoms with Gasteiger partial charge in [0.05, 0.1) is 10.5 Å². The van der Waals surface area contributed by atoms with Crippen LogP contribution in [0.2, 0.25) is 0 Å². The van der Waals surface area contributed by atoms with Gasteiger partial charge in [0.2, 0.25) is 10.0 Å². The molecule has 10 heteroatoms. The van der Waals surface area contributed by atoms with E-state index in [0.29, 0.717) is 12.0 Å². The van der Waals surface area contributed by atoms with Crippen molar-refractivity contribution in [3.63, 3.8) is 0 Å². The highest BCUT2D eigenvalue weighted by molar-refractivity contribution is 7.89. The largest absolute Gasteiger partial charge is 0.416 e. The second-order valence-corrected chi connectivity index (χ2v) is 8.11. The minimum Gasteiger partial charge on any atom is -0.338 e. The molecular formula is C19H22F3N3O3S. The van der Waals surface area contributed by atoms with Crippen LogP contribution in [0, 0.1) is 6.92 Å². The first-order chi connectivity index (χ1) is 13.6. The van der Waals surface area contributed by atoms with Crippen LogP contribution in [0.15, 0.2) is 53.4 Å². The Morgan fingerprint density at radius 2 is 1.48 bits per heavy atom. The van der Waals surface area contributed by atoms with Crippen molar-refractivity contribution in [1.82, 2.24) is 15.4 Å². The number of hydrogen-bond acceptors (Lipinski definition) is 3. The lowest BCUT2D eigenvalue weighted by Crippen LogP contribution is -2.40. The number of carbonyl (C=O) groups excluding carboxylic acids is 1. The predicted molar refractivity (Wildman–Crippen MR) is 103 cm³/mol. The van der Waals surface area contributed by atoms with Crippen LogP contribution in [-0.2, 0) is 22.6 Å². The number of amides is 2. The van der Waals surface area contributed by atoms with Crippen molar-refractivity contribution < 1.29 is 26.4 Å². The summed E-state index contributed by atoms with van der Waals surface area (Å²) in [4.78, 5) is 11.8. The molecule has 0 aliphatic carbocycles. The molecule has 0 aliphatic rings. The van der Waals surface area contributed by atoms with Gasteiger partial charge in [-0.05, 0) is 43.2 Å². The normalized spacial score (nSPS) is 11.9. The summed E-state index contributed by atoms with van der Waals surface area (Å²) in [7, 11) is -3.64. The van der Waals surface area contributed by atoms with E-state index in [1.54, 1.807) is 12.1 Å². The number of rotatable bonds is 8. The molecule has 2 aromatic rings. The van der Waals surface area contributed by atoms with Gasteiger partial charge in [0, 0.05) is 19.6 Å². The maximum absolute atomic E-state index is 12.5. The van der Waals surface area contributed by atoms with Gasteiger partial charge in [0.15, 0.2) is 0 Å². The molecule has 0 saturated heterocycles. The van der Waals surface area contributed by atoms with E-state index < -0.39 is 27.8 Å². The second kappa shape index (κ2) is 9.75. The number of benzene rings is 2. The SMILES string of the molecule is Cc1ccc(S(=O)(=O)NCCNC(=O)NCCc2ccc(C(F)(F)F)cc2)cc1. The van der Waals surface area contributed by atoms with Gasteiger partial charge >= 0.3 is 12.2 Å². The Bertz CT molecular complexity index is 912. The molecule has 0 fully saturated rings. The van der Waals surface area contributed by atoms with E-state index in [1.807, 2.05) is 6.92 Å². The second-order valence-electron chi connectivity index (χ2n) is 6.34. The highest BCUT2D eigenvalue weighted by atomic mass is 32.2. The predicted octanol–water partition coefficient (Wildman–Crippen LogP) is 2.83. The summed E-state index contributed by atoms with van der Waals surface area (Å²) in [6.45, 7) is 2.18. The molecule has 0 atom stereocenters. The van der Waals surface area contributed by atoms with Crippen molar-refractivity contribution in [2.45, 2.75) is 24.4 Å². The van der Waals surface area contributed by atoms with Crippen LogP contribution in [-0.4, -0.2) is 34.1 Å². The van der Waals surface area contributed by atoms with Gasteiger partial charge < -0.3 is 10.6 Å². The highest BCUT2D eigenvalue weighted by Crippen LogP contribution is 2.29. The zero-order valence-corrected chi connectivity index (χ0v) is 16.5. The van der Waals surface area contributed by atoms with E-state index in [1.165, 1.54) is 24.3 Å². The molecule has 0 bridgehead atoms. The van der Waals surface area contributed by atoms with E-state index in [-0.39, 0.29) is 24.5 Å². The first-order valence-electron chi connectivity index (χ1n) is 8.82. The molecule has 0 aromatic heterocycles. The average molecular weight is 429 g/mol. The Morgan fingerprint density at radius 1 is 0.897 bits per heavy atom. The molecule has 0 aliphatic heterocycles. The lowest BCUT2D eigenvalue weighted by atomic mass is 10.1. The number of halogens is 3. The summed E-state index contributed by atoms with van der Waals surface area (Å²) in [5, 5.41) is 5.07. The number of sulfonamides is 1. The molecule has 29 heavy (non-hydrogen) atoms. The summed E-state index contributed by atoms with van der Waals surface area (Å²) < 4.78 is 64.1. The number of alkyl halides is 3. The minimum atomic E-state index is -4.38. The average Bonchev–Trinajstić information content (AvgIpc) is 2.65. The molecule has 2 amide bonds. The quantitative estimate of drug-likeness (QED) is 0.564. The minimum absolute atomic E-state index is 0.0164. The van der Waals surface area contributed by atoms with Crippen LogP contribution in [0.1, 0.15) is 16.7 Å². The summed E-state index contributed by atoms with van der Waals surface area (Å²) in [5.74, 6) is 0. The highest BCUT2D eigenvalue weighted by Gasteiger charge is 2.29. The van der Waals surface area contributed by atoms with Crippen LogP contribution in [0.4, 0.5) is 18.0 Å². The van der Waals surface area contributed by atoms with Gasteiger partial charge in [-0.3, -0.25) is 0 Å². The van der Waals surface area contributed by atoms with E-state index >= 15 is 0 Å². The van der Waals surface area contributed by atoms with Crippen molar-refractivity contribution in [3.8, 4) is 0 Å². The molecule has 3 N–H and O–H groups in total. The van der Waals surface area contributed by atoms with Gasteiger partial charge in [0.25, 0.3) is 0 Å². The zero-order valence-electron chi connectivity index (χ0n) is 15.7. The maximum atomic E-state index is 12.5. The Balaban J connectivity index is 1.66. The van der Waals surface area contributed by atoms with E-state index in [9.17, 15) is 26.4 Å². The number of hydrogen-bond donors (Lipinski definition) is 3. The number of nitrogens with one attached hydrogen (secondary N) is 3. The standard InChI is InChI=1S/C19H22F3N3O3S/c1-14-2-8-17(9-3-14)29(27,28)25-13-12-24-18(26)23-11-10-15-4-6-16(7-5-15)19(20,21)22/h2-9,25H,10-13H2,1H3,(H2,23,24,26). The monoisotopic (exact) mass is 429 g/mol. The van der Waals surface area contributed by atoms with Crippen LogP contribution in [0.25, 0.3) is 0 Å². The van der Waals surface area contributed by atoms with E-state index in [4.69, 9.17) is 0 Å². The Labute approximate surface area is 167 Å². The van der Waals surface area contributed by atoms with Crippen molar-refractivity contribution in [3.05, 3.63) is 65.2 Å². The molecule has 2 aromatic carbocycles. The summed E-state index contributed by atoms with van der Waals surface area (Å²) in [6.07, 6.45) is -4.01. The molecule has 0 radical (unpaired) electrons. The third kappa shape index (κ3) is 7.39. The van der Waals surface area contributed by atoms with Crippen LogP contribution in [0.3, 0.4) is 0 Å². The molecule has 6 nitrogen and oxygen atoms in total. The first-order valence-corrected chi connectivity index (χ1v) is 10.3. The Hall–Kier alpha value is -2.59. The Kier molecular flexibility index (Phi) is 7.63. The van der Waals surface area contributed by atoms with E-state index in [2.05, 4.69) is 15.4 Å². The van der Waals surface area contributed by atoms with Gasteiger partial charge in [-0.1, -0.05) is 29.8 Å². The third-order valence-electron chi connectivity index (χ3n) is 4.01. The fraction of sp³-hybridized carbons (Fsp3) is 0.316. The first kappa shape index (κ1) is 22.7.